The van der Waals surface area contributed by atoms with Crippen LogP contribution < -0.4 is 11.1 Å². The highest BCUT2D eigenvalue weighted by Gasteiger charge is 2.09. The average molecular weight is 235 g/mol. The Bertz CT molecular complexity index is 386. The van der Waals surface area contributed by atoms with Gasteiger partial charge in [0.2, 0.25) is 5.96 Å². The zero-order valence-electron chi connectivity index (χ0n) is 10.1. The lowest BCUT2D eigenvalue weighted by Gasteiger charge is -2.18. The van der Waals surface area contributed by atoms with Crippen molar-refractivity contribution < 1.29 is 4.79 Å². The Morgan fingerprint density at radius 3 is 2.71 bits per heavy atom. The van der Waals surface area contributed by atoms with E-state index in [0.717, 1.165) is 0 Å². The van der Waals surface area contributed by atoms with Crippen LogP contribution in [0.25, 0.3) is 0 Å². The van der Waals surface area contributed by atoms with Crippen LogP contribution in [0.2, 0.25) is 0 Å². The Morgan fingerprint density at radius 2 is 2.18 bits per heavy atom. The molecular formula is C11H17N5O. The summed E-state index contributed by atoms with van der Waals surface area (Å²) in [6.07, 6.45) is 1.61. The van der Waals surface area contributed by atoms with Gasteiger partial charge in [-0.05, 0) is 26.0 Å². The second kappa shape index (κ2) is 6.47. The number of urea groups is 1. The Hall–Kier alpha value is -2.11. The zero-order chi connectivity index (χ0) is 12.7. The highest BCUT2D eigenvalue weighted by molar-refractivity contribution is 5.96. The van der Waals surface area contributed by atoms with E-state index < -0.39 is 0 Å². The van der Waals surface area contributed by atoms with Gasteiger partial charge >= 0.3 is 6.03 Å². The van der Waals surface area contributed by atoms with Crippen LogP contribution in [0.15, 0.2) is 29.4 Å². The van der Waals surface area contributed by atoms with Gasteiger partial charge in [0.05, 0.1) is 0 Å². The molecule has 2 amide bonds. The van der Waals surface area contributed by atoms with Gasteiger partial charge in [-0.25, -0.2) is 9.78 Å². The number of carbonyl (C=O) groups excluding carboxylic acids is 1. The second-order valence-electron chi connectivity index (χ2n) is 3.29. The van der Waals surface area contributed by atoms with Crippen molar-refractivity contribution in [2.24, 2.45) is 10.7 Å². The first-order valence-electron chi connectivity index (χ1n) is 5.48. The van der Waals surface area contributed by atoms with Gasteiger partial charge in [0.25, 0.3) is 0 Å². The number of aromatic nitrogens is 1. The van der Waals surface area contributed by atoms with E-state index in [-0.39, 0.29) is 12.0 Å². The lowest BCUT2D eigenvalue weighted by molar-refractivity contribution is 0.208. The zero-order valence-corrected chi connectivity index (χ0v) is 10.1. The van der Waals surface area contributed by atoms with Gasteiger partial charge in [0, 0.05) is 19.3 Å². The standard InChI is InChI=1S/C11H17N5O/c1-3-16(4-2)11(17)15-10(12)14-9-7-5-6-8-13-9/h5-8H,3-4H2,1-2H3,(H3,12,13,14,15,17). The van der Waals surface area contributed by atoms with E-state index in [1.54, 1.807) is 29.3 Å². The minimum atomic E-state index is -0.257. The number of hydrogen-bond donors (Lipinski definition) is 2. The Kier molecular flexibility index (Phi) is 4.93. The number of nitrogens with zero attached hydrogens (tertiary/aromatic N) is 3. The first-order chi connectivity index (χ1) is 8.17. The van der Waals surface area contributed by atoms with E-state index in [9.17, 15) is 4.79 Å². The number of aliphatic imine (C=N–C) groups is 1. The summed E-state index contributed by atoms with van der Waals surface area (Å²) in [5.74, 6) is 0.505. The van der Waals surface area contributed by atoms with Gasteiger partial charge in [-0.2, -0.15) is 4.99 Å². The molecule has 1 aromatic rings. The summed E-state index contributed by atoms with van der Waals surface area (Å²) in [6.45, 7) is 5.04. The molecule has 0 aliphatic heterocycles. The predicted octanol–water partition coefficient (Wildman–Crippen LogP) is 1.08. The highest BCUT2D eigenvalue weighted by Crippen LogP contribution is 2.03. The minimum absolute atomic E-state index is 0.0422. The molecule has 0 saturated carbocycles. The van der Waals surface area contributed by atoms with E-state index >= 15 is 0 Å². The lowest BCUT2D eigenvalue weighted by atomic mass is 10.5. The summed E-state index contributed by atoms with van der Waals surface area (Å²) in [6, 6.07) is 5.03. The van der Waals surface area contributed by atoms with E-state index in [0.29, 0.717) is 18.9 Å². The first-order valence-corrected chi connectivity index (χ1v) is 5.48. The molecule has 0 aliphatic rings. The van der Waals surface area contributed by atoms with E-state index in [4.69, 9.17) is 5.73 Å². The third-order valence-electron chi connectivity index (χ3n) is 2.17. The monoisotopic (exact) mass is 235 g/mol. The molecule has 0 unspecified atom stereocenters. The molecule has 0 bridgehead atoms. The lowest BCUT2D eigenvalue weighted by Crippen LogP contribution is -2.45. The number of carbonyl (C=O) groups is 1. The molecule has 1 heterocycles. The molecule has 0 radical (unpaired) electrons. The number of amides is 2. The van der Waals surface area contributed by atoms with Crippen LogP contribution in [0, 0.1) is 0 Å². The van der Waals surface area contributed by atoms with Crippen LogP contribution in [0.1, 0.15) is 13.8 Å². The second-order valence-corrected chi connectivity index (χ2v) is 3.29. The Morgan fingerprint density at radius 1 is 1.47 bits per heavy atom. The number of nitrogens with two attached hydrogens (primary N) is 1. The van der Waals surface area contributed by atoms with Crippen LogP contribution in [-0.2, 0) is 0 Å². The van der Waals surface area contributed by atoms with E-state index in [2.05, 4.69) is 15.3 Å². The molecule has 0 saturated heterocycles. The molecule has 3 N–H and O–H groups in total. The number of guanidine groups is 1. The molecule has 0 spiro atoms. The molecule has 1 aromatic heterocycles. The summed E-state index contributed by atoms with van der Waals surface area (Å²) in [7, 11) is 0. The fraction of sp³-hybridized carbons (Fsp3) is 0.364. The van der Waals surface area contributed by atoms with Crippen molar-refractivity contribution in [1.29, 1.82) is 0 Å². The van der Waals surface area contributed by atoms with Gasteiger partial charge in [-0.1, -0.05) is 6.07 Å². The van der Waals surface area contributed by atoms with Crippen molar-refractivity contribution in [3.8, 4) is 0 Å². The quantitative estimate of drug-likeness (QED) is 0.607. The van der Waals surface area contributed by atoms with E-state index in [1.807, 2.05) is 13.8 Å². The maximum absolute atomic E-state index is 11.6. The molecule has 17 heavy (non-hydrogen) atoms. The van der Waals surface area contributed by atoms with Crippen molar-refractivity contribution in [2.75, 3.05) is 13.1 Å². The highest BCUT2D eigenvalue weighted by atomic mass is 16.2. The van der Waals surface area contributed by atoms with Crippen molar-refractivity contribution in [3.05, 3.63) is 24.4 Å². The minimum Gasteiger partial charge on any atom is -0.369 e. The van der Waals surface area contributed by atoms with E-state index in [1.165, 1.54) is 0 Å². The topological polar surface area (TPSA) is 83.6 Å². The maximum atomic E-state index is 11.6. The van der Waals surface area contributed by atoms with Gasteiger partial charge < -0.3 is 10.6 Å². The Balaban J connectivity index is 2.63. The number of rotatable bonds is 3. The maximum Gasteiger partial charge on any atom is 0.324 e. The fourth-order valence-corrected chi connectivity index (χ4v) is 1.27. The molecular weight excluding hydrogens is 218 g/mol. The number of nitrogens with one attached hydrogen (secondary N) is 1. The summed E-state index contributed by atoms with van der Waals surface area (Å²) in [5, 5.41) is 2.51. The van der Waals surface area contributed by atoms with Crippen molar-refractivity contribution >= 4 is 17.8 Å². The third-order valence-corrected chi connectivity index (χ3v) is 2.17. The molecule has 0 aliphatic carbocycles. The average Bonchev–Trinajstić information content (AvgIpc) is 2.31. The molecule has 0 aromatic carbocycles. The van der Waals surface area contributed by atoms with Crippen molar-refractivity contribution in [2.45, 2.75) is 13.8 Å². The molecule has 0 atom stereocenters. The van der Waals surface area contributed by atoms with Crippen LogP contribution in [0.5, 0.6) is 0 Å². The van der Waals surface area contributed by atoms with Gasteiger partial charge in [0.15, 0.2) is 5.82 Å². The summed E-state index contributed by atoms with van der Waals surface area (Å²) < 4.78 is 0. The van der Waals surface area contributed by atoms with Crippen LogP contribution in [0.4, 0.5) is 10.6 Å². The third kappa shape index (κ3) is 4.10. The summed E-state index contributed by atoms with van der Waals surface area (Å²) >= 11 is 0. The largest absolute Gasteiger partial charge is 0.369 e. The van der Waals surface area contributed by atoms with Gasteiger partial charge in [-0.3, -0.25) is 5.32 Å². The van der Waals surface area contributed by atoms with Crippen molar-refractivity contribution in [1.82, 2.24) is 15.2 Å². The fourth-order valence-electron chi connectivity index (χ4n) is 1.27. The molecule has 1 rings (SSSR count). The predicted molar refractivity (Wildman–Crippen MR) is 67.0 cm³/mol. The van der Waals surface area contributed by atoms with Gasteiger partial charge in [-0.15, -0.1) is 0 Å². The smallest absolute Gasteiger partial charge is 0.324 e. The SMILES string of the molecule is CCN(CC)C(=O)N/C(N)=N/c1ccccn1. The Labute approximate surface area is 101 Å². The summed E-state index contributed by atoms with van der Waals surface area (Å²) in [5.41, 5.74) is 5.61. The molecule has 0 fully saturated rings. The van der Waals surface area contributed by atoms with Gasteiger partial charge in [0.1, 0.15) is 0 Å². The molecule has 6 heteroatoms. The summed E-state index contributed by atoms with van der Waals surface area (Å²) in [4.78, 5) is 21.2. The number of pyridine rings is 1. The van der Waals surface area contributed by atoms with Crippen LogP contribution in [0.3, 0.4) is 0 Å². The molecule has 92 valence electrons. The number of hydrogen-bond acceptors (Lipinski definition) is 3. The normalized spacial score (nSPS) is 11.1. The van der Waals surface area contributed by atoms with Crippen LogP contribution >= 0.6 is 0 Å². The van der Waals surface area contributed by atoms with Crippen LogP contribution in [-0.4, -0.2) is 35.0 Å². The first kappa shape index (κ1) is 13.0. The van der Waals surface area contributed by atoms with Crippen molar-refractivity contribution in [3.63, 3.8) is 0 Å². The molecule has 6 nitrogen and oxygen atoms in total.